The van der Waals surface area contributed by atoms with Gasteiger partial charge in [-0.15, -0.1) is 10.2 Å². The molecular weight excluding hydrogens is 272 g/mol. The van der Waals surface area contributed by atoms with E-state index >= 15 is 0 Å². The Bertz CT molecular complexity index is 558. The normalized spacial score (nSPS) is 10.3. The Morgan fingerprint density at radius 1 is 1.56 bits per heavy atom. The molecule has 2 heterocycles. The number of aryl methyl sites for hydroxylation is 1. The number of hydrogen-bond donors (Lipinski definition) is 2. The molecule has 0 amide bonds. The molecule has 18 heavy (non-hydrogen) atoms. The molecule has 0 fully saturated rings. The van der Waals surface area contributed by atoms with E-state index < -0.39 is 5.97 Å². The van der Waals surface area contributed by atoms with Crippen LogP contribution in [0.1, 0.15) is 5.56 Å². The molecule has 2 aromatic rings. The molecule has 2 N–H and O–H groups in total. The van der Waals surface area contributed by atoms with Crippen molar-refractivity contribution in [3.8, 4) is 0 Å². The number of aliphatic carboxylic acids is 1. The molecule has 0 saturated carbocycles. The number of rotatable bonds is 5. The maximum atomic E-state index is 10.4. The SMILES string of the molecule is Cc1ccncc1Nc1nnc(SCC(=O)O)s1. The Morgan fingerprint density at radius 2 is 2.39 bits per heavy atom. The number of thioether (sulfide) groups is 1. The Morgan fingerprint density at radius 3 is 3.11 bits per heavy atom. The molecule has 0 aliphatic carbocycles. The molecule has 0 saturated heterocycles. The average Bonchev–Trinajstić information content (AvgIpc) is 2.77. The first-order valence-corrected chi connectivity index (χ1v) is 6.81. The number of carboxylic acids is 1. The second kappa shape index (κ2) is 5.78. The van der Waals surface area contributed by atoms with Crippen molar-refractivity contribution in [2.24, 2.45) is 0 Å². The quantitative estimate of drug-likeness (QED) is 0.812. The minimum Gasteiger partial charge on any atom is -0.481 e. The lowest BCUT2D eigenvalue weighted by Gasteiger charge is -2.03. The van der Waals surface area contributed by atoms with Gasteiger partial charge in [0.05, 0.1) is 17.6 Å². The van der Waals surface area contributed by atoms with Crippen molar-refractivity contribution in [3.63, 3.8) is 0 Å². The van der Waals surface area contributed by atoms with E-state index in [0.717, 1.165) is 23.0 Å². The van der Waals surface area contributed by atoms with Gasteiger partial charge in [0.2, 0.25) is 5.13 Å². The molecule has 0 bridgehead atoms. The van der Waals surface area contributed by atoms with Crippen molar-refractivity contribution in [1.82, 2.24) is 15.2 Å². The Labute approximate surface area is 111 Å². The van der Waals surface area contributed by atoms with Gasteiger partial charge in [-0.05, 0) is 18.6 Å². The molecule has 0 aliphatic heterocycles. The highest BCUT2D eigenvalue weighted by atomic mass is 32.2. The van der Waals surface area contributed by atoms with Crippen LogP contribution in [0.3, 0.4) is 0 Å². The summed E-state index contributed by atoms with van der Waals surface area (Å²) >= 11 is 2.47. The van der Waals surface area contributed by atoms with E-state index in [1.807, 2.05) is 13.0 Å². The van der Waals surface area contributed by atoms with Crippen molar-refractivity contribution in [1.29, 1.82) is 0 Å². The minimum atomic E-state index is -0.868. The summed E-state index contributed by atoms with van der Waals surface area (Å²) in [7, 11) is 0. The zero-order chi connectivity index (χ0) is 13.0. The number of aromatic nitrogens is 3. The molecule has 0 aromatic carbocycles. The third-order valence-corrected chi connectivity index (χ3v) is 3.96. The summed E-state index contributed by atoms with van der Waals surface area (Å²) in [6.45, 7) is 1.96. The van der Waals surface area contributed by atoms with Gasteiger partial charge in [0, 0.05) is 6.20 Å². The van der Waals surface area contributed by atoms with E-state index in [1.165, 1.54) is 11.3 Å². The number of nitrogens with zero attached hydrogens (tertiary/aromatic N) is 3. The first-order chi connectivity index (χ1) is 8.65. The lowest BCUT2D eigenvalue weighted by molar-refractivity contribution is -0.133. The number of carboxylic acid groups (broad SMARTS) is 1. The summed E-state index contributed by atoms with van der Waals surface area (Å²) in [5.74, 6) is -0.881. The van der Waals surface area contributed by atoms with E-state index in [1.54, 1.807) is 12.4 Å². The molecule has 2 rings (SSSR count). The molecule has 0 aliphatic rings. The van der Waals surface area contributed by atoms with Crippen LogP contribution < -0.4 is 5.32 Å². The van der Waals surface area contributed by atoms with Crippen LogP contribution in [0.25, 0.3) is 0 Å². The maximum Gasteiger partial charge on any atom is 0.313 e. The standard InChI is InChI=1S/C10H10N4O2S2/c1-6-2-3-11-4-7(6)12-9-13-14-10(18-9)17-5-8(15)16/h2-4H,5H2,1H3,(H,12,13)(H,15,16). The number of carbonyl (C=O) groups is 1. The topological polar surface area (TPSA) is 88.0 Å². The van der Waals surface area contributed by atoms with Gasteiger partial charge in [-0.1, -0.05) is 23.1 Å². The van der Waals surface area contributed by atoms with Crippen molar-refractivity contribution in [2.75, 3.05) is 11.1 Å². The molecule has 0 atom stereocenters. The third kappa shape index (κ3) is 3.41. The largest absolute Gasteiger partial charge is 0.481 e. The van der Waals surface area contributed by atoms with Gasteiger partial charge in [0.15, 0.2) is 4.34 Å². The van der Waals surface area contributed by atoms with E-state index in [-0.39, 0.29) is 5.75 Å². The Kier molecular flexibility index (Phi) is 4.11. The molecule has 0 spiro atoms. The maximum absolute atomic E-state index is 10.4. The smallest absolute Gasteiger partial charge is 0.313 e. The minimum absolute atomic E-state index is 0.0133. The molecule has 8 heteroatoms. The van der Waals surface area contributed by atoms with Crippen molar-refractivity contribution >= 4 is 39.9 Å². The number of hydrogen-bond acceptors (Lipinski definition) is 7. The number of pyridine rings is 1. The zero-order valence-electron chi connectivity index (χ0n) is 9.45. The van der Waals surface area contributed by atoms with E-state index in [2.05, 4.69) is 20.5 Å². The van der Waals surface area contributed by atoms with Crippen molar-refractivity contribution < 1.29 is 9.90 Å². The summed E-state index contributed by atoms with van der Waals surface area (Å²) in [5, 5.41) is 20.1. The molecule has 6 nitrogen and oxygen atoms in total. The van der Waals surface area contributed by atoms with Gasteiger partial charge in [-0.3, -0.25) is 9.78 Å². The highest BCUT2D eigenvalue weighted by molar-refractivity contribution is 8.01. The first kappa shape index (κ1) is 12.8. The van der Waals surface area contributed by atoms with Crippen LogP contribution in [0.2, 0.25) is 0 Å². The van der Waals surface area contributed by atoms with Gasteiger partial charge in [-0.2, -0.15) is 0 Å². The summed E-state index contributed by atoms with van der Waals surface area (Å²) in [6.07, 6.45) is 3.43. The number of anilines is 2. The molecule has 2 aromatic heterocycles. The van der Waals surface area contributed by atoms with Crippen LogP contribution in [0.4, 0.5) is 10.8 Å². The Hall–Kier alpha value is -1.67. The van der Waals surface area contributed by atoms with Crippen LogP contribution >= 0.6 is 23.1 Å². The van der Waals surface area contributed by atoms with Gasteiger partial charge in [0.1, 0.15) is 0 Å². The highest BCUT2D eigenvalue weighted by Crippen LogP contribution is 2.28. The van der Waals surface area contributed by atoms with E-state index in [9.17, 15) is 4.79 Å². The predicted octanol–water partition coefficient (Wildman–Crippen LogP) is 2.16. The molecular formula is C10H10N4O2S2. The fraction of sp³-hybridized carbons (Fsp3) is 0.200. The second-order valence-corrected chi connectivity index (χ2v) is 5.57. The fourth-order valence-electron chi connectivity index (χ4n) is 1.15. The lowest BCUT2D eigenvalue weighted by atomic mass is 10.2. The number of nitrogens with one attached hydrogen (secondary N) is 1. The molecule has 0 unspecified atom stereocenters. The fourth-order valence-corrected chi connectivity index (χ4v) is 2.64. The summed E-state index contributed by atoms with van der Waals surface area (Å²) < 4.78 is 0.626. The van der Waals surface area contributed by atoms with E-state index in [4.69, 9.17) is 5.11 Å². The Balaban J connectivity index is 2.02. The van der Waals surface area contributed by atoms with Crippen molar-refractivity contribution in [2.45, 2.75) is 11.3 Å². The highest BCUT2D eigenvalue weighted by Gasteiger charge is 2.08. The first-order valence-electron chi connectivity index (χ1n) is 5.01. The van der Waals surface area contributed by atoms with Gasteiger partial charge >= 0.3 is 5.97 Å². The van der Waals surface area contributed by atoms with Gasteiger partial charge in [0.25, 0.3) is 0 Å². The van der Waals surface area contributed by atoms with Gasteiger partial charge < -0.3 is 10.4 Å². The summed E-state index contributed by atoms with van der Waals surface area (Å²) in [6, 6.07) is 1.89. The van der Waals surface area contributed by atoms with Crippen LogP contribution in [-0.4, -0.2) is 32.0 Å². The summed E-state index contributed by atoms with van der Waals surface area (Å²) in [4.78, 5) is 14.4. The molecule has 0 radical (unpaired) electrons. The summed E-state index contributed by atoms with van der Waals surface area (Å²) in [5.41, 5.74) is 1.92. The van der Waals surface area contributed by atoms with Crippen LogP contribution in [0, 0.1) is 6.92 Å². The zero-order valence-corrected chi connectivity index (χ0v) is 11.1. The van der Waals surface area contributed by atoms with E-state index in [0.29, 0.717) is 9.47 Å². The van der Waals surface area contributed by atoms with Crippen LogP contribution in [0.5, 0.6) is 0 Å². The van der Waals surface area contributed by atoms with Crippen LogP contribution in [-0.2, 0) is 4.79 Å². The van der Waals surface area contributed by atoms with Crippen LogP contribution in [0.15, 0.2) is 22.8 Å². The van der Waals surface area contributed by atoms with Crippen molar-refractivity contribution in [3.05, 3.63) is 24.0 Å². The monoisotopic (exact) mass is 282 g/mol. The lowest BCUT2D eigenvalue weighted by Crippen LogP contribution is -1.96. The van der Waals surface area contributed by atoms with Gasteiger partial charge in [-0.25, -0.2) is 0 Å². The second-order valence-electron chi connectivity index (χ2n) is 3.37. The predicted molar refractivity (Wildman–Crippen MR) is 70.5 cm³/mol. The third-order valence-electron chi connectivity index (χ3n) is 2.01. The average molecular weight is 282 g/mol. The molecule has 94 valence electrons.